The number of hydrogen-bond donors (Lipinski definition) is 4. The molecule has 6 heterocycles. The van der Waals surface area contributed by atoms with E-state index in [-0.39, 0.29) is 18.1 Å². The Kier molecular flexibility index (Phi) is 6.15. The van der Waals surface area contributed by atoms with E-state index in [1.807, 2.05) is 12.1 Å². The van der Waals surface area contributed by atoms with Crippen LogP contribution in [0.5, 0.6) is 0 Å². The molecule has 0 saturated carbocycles. The molecule has 3 aromatic rings. The summed E-state index contributed by atoms with van der Waals surface area (Å²) in [5.41, 5.74) is 8.41. The van der Waals surface area contributed by atoms with E-state index in [1.165, 1.54) is 0 Å². The summed E-state index contributed by atoms with van der Waals surface area (Å²) in [5, 5.41) is 5.94. The molecule has 13 nitrogen and oxygen atoms in total. The number of piperidine rings is 1. The molecule has 0 spiro atoms. The standard InChI is InChI=1S/C23H31N11O2/c24-15-12-34(13-15)17-1-4-25-18(11-17)29-23(35)28-16-2-5-33(6-3-16)22-30-19-20(31-22)26-14-27-21(19)32-7-9-36-10-8-32/h1,4,11,14-16H,2-3,5-10,12-13,24H2,(H2,25,28,29,35)(H,26,27,30,31). The number of imidazole rings is 1. The number of rotatable bonds is 5. The first kappa shape index (κ1) is 22.7. The van der Waals surface area contributed by atoms with E-state index in [1.54, 1.807) is 12.5 Å². The van der Waals surface area contributed by atoms with E-state index in [0.29, 0.717) is 24.7 Å². The Balaban J connectivity index is 1.04. The summed E-state index contributed by atoms with van der Waals surface area (Å²) in [6.07, 6.45) is 4.89. The maximum atomic E-state index is 12.6. The first-order valence-electron chi connectivity index (χ1n) is 12.4. The van der Waals surface area contributed by atoms with E-state index >= 15 is 0 Å². The van der Waals surface area contributed by atoms with Crippen molar-refractivity contribution in [3.63, 3.8) is 0 Å². The zero-order valence-corrected chi connectivity index (χ0v) is 20.1. The zero-order chi connectivity index (χ0) is 24.5. The highest BCUT2D eigenvalue weighted by molar-refractivity contribution is 5.89. The molecule has 5 N–H and O–H groups in total. The Bertz CT molecular complexity index is 1210. The Morgan fingerprint density at radius 1 is 1.06 bits per heavy atom. The first-order valence-corrected chi connectivity index (χ1v) is 12.4. The molecule has 0 unspecified atom stereocenters. The molecule has 0 radical (unpaired) electrons. The third kappa shape index (κ3) is 4.71. The number of aromatic amines is 1. The van der Waals surface area contributed by atoms with Gasteiger partial charge in [0.1, 0.15) is 17.7 Å². The van der Waals surface area contributed by atoms with Gasteiger partial charge in [-0.2, -0.15) is 4.98 Å². The van der Waals surface area contributed by atoms with Crippen LogP contribution >= 0.6 is 0 Å². The number of anilines is 4. The van der Waals surface area contributed by atoms with Gasteiger partial charge in [-0.25, -0.2) is 19.7 Å². The van der Waals surface area contributed by atoms with Crippen LogP contribution in [-0.2, 0) is 4.74 Å². The van der Waals surface area contributed by atoms with Gasteiger partial charge in [-0.05, 0) is 18.9 Å². The van der Waals surface area contributed by atoms with Crippen LogP contribution in [0.2, 0.25) is 0 Å². The number of amides is 2. The largest absolute Gasteiger partial charge is 0.378 e. The third-order valence-electron chi connectivity index (χ3n) is 6.96. The molecule has 3 aromatic heterocycles. The molecule has 6 rings (SSSR count). The van der Waals surface area contributed by atoms with Crippen molar-refractivity contribution in [3.05, 3.63) is 24.7 Å². The Morgan fingerprint density at radius 3 is 2.64 bits per heavy atom. The lowest BCUT2D eigenvalue weighted by Crippen LogP contribution is -2.55. The minimum absolute atomic E-state index is 0.0749. The summed E-state index contributed by atoms with van der Waals surface area (Å²) >= 11 is 0. The summed E-state index contributed by atoms with van der Waals surface area (Å²) in [5.74, 6) is 2.18. The van der Waals surface area contributed by atoms with Crippen LogP contribution in [-0.4, -0.2) is 95.5 Å². The van der Waals surface area contributed by atoms with Crippen LogP contribution in [0.15, 0.2) is 24.7 Å². The van der Waals surface area contributed by atoms with Gasteiger partial charge in [-0.1, -0.05) is 0 Å². The van der Waals surface area contributed by atoms with E-state index < -0.39 is 0 Å². The number of fused-ring (bicyclic) bond motifs is 1. The molecule has 190 valence electrons. The van der Waals surface area contributed by atoms with Crippen LogP contribution in [0, 0.1) is 0 Å². The number of aromatic nitrogens is 5. The molecule has 3 aliphatic rings. The molecule has 3 fully saturated rings. The summed E-state index contributed by atoms with van der Waals surface area (Å²) < 4.78 is 5.47. The SMILES string of the molecule is NC1CN(c2ccnc(NC(=O)NC3CCN(c4nc5ncnc(N6CCOCC6)c5[nH]4)CC3)c2)C1. The summed E-state index contributed by atoms with van der Waals surface area (Å²) in [7, 11) is 0. The van der Waals surface area contributed by atoms with Crippen molar-refractivity contribution < 1.29 is 9.53 Å². The number of carbonyl (C=O) groups is 1. The molecule has 2 amide bonds. The Hall–Kier alpha value is -3.71. The lowest BCUT2D eigenvalue weighted by atomic mass is 10.1. The maximum absolute atomic E-state index is 12.6. The van der Waals surface area contributed by atoms with Gasteiger partial charge in [0.05, 0.1) is 13.2 Å². The van der Waals surface area contributed by atoms with Crippen molar-refractivity contribution in [2.24, 2.45) is 5.73 Å². The van der Waals surface area contributed by atoms with E-state index in [9.17, 15) is 4.79 Å². The van der Waals surface area contributed by atoms with Crippen LogP contribution < -0.4 is 31.1 Å². The van der Waals surface area contributed by atoms with Gasteiger partial charge in [0, 0.05) is 69.3 Å². The molecule has 0 aliphatic carbocycles. The molecule has 0 aromatic carbocycles. The zero-order valence-electron chi connectivity index (χ0n) is 20.1. The number of nitrogens with zero attached hydrogens (tertiary/aromatic N) is 7. The second kappa shape index (κ2) is 9.74. The smallest absolute Gasteiger partial charge is 0.320 e. The molecule has 3 aliphatic heterocycles. The van der Waals surface area contributed by atoms with Crippen molar-refractivity contribution in [3.8, 4) is 0 Å². The van der Waals surface area contributed by atoms with Gasteiger partial charge in [-0.3, -0.25) is 5.32 Å². The average molecular weight is 494 g/mol. The molecule has 36 heavy (non-hydrogen) atoms. The Morgan fingerprint density at radius 2 is 1.86 bits per heavy atom. The fraction of sp³-hybridized carbons (Fsp3) is 0.522. The highest BCUT2D eigenvalue weighted by Gasteiger charge is 2.26. The van der Waals surface area contributed by atoms with Crippen LogP contribution in [0.4, 0.5) is 28.1 Å². The molecular weight excluding hydrogens is 462 g/mol. The Labute approximate surface area is 208 Å². The number of H-pyrrole nitrogens is 1. The molecule has 0 bridgehead atoms. The number of morpholine rings is 1. The molecule has 3 saturated heterocycles. The number of urea groups is 1. The minimum Gasteiger partial charge on any atom is -0.378 e. The quantitative estimate of drug-likeness (QED) is 0.396. The normalized spacial score (nSPS) is 19.4. The van der Waals surface area contributed by atoms with Crippen molar-refractivity contribution in [1.29, 1.82) is 0 Å². The van der Waals surface area contributed by atoms with Gasteiger partial charge in [0.15, 0.2) is 11.5 Å². The predicted molar refractivity (Wildman–Crippen MR) is 137 cm³/mol. The number of pyridine rings is 1. The van der Waals surface area contributed by atoms with Crippen LogP contribution in [0.3, 0.4) is 0 Å². The first-order chi connectivity index (χ1) is 17.6. The fourth-order valence-electron chi connectivity index (χ4n) is 4.95. The number of nitrogens with two attached hydrogens (primary N) is 1. The average Bonchev–Trinajstić information content (AvgIpc) is 3.32. The van der Waals surface area contributed by atoms with Crippen LogP contribution in [0.1, 0.15) is 12.8 Å². The topological polar surface area (TPSA) is 153 Å². The lowest BCUT2D eigenvalue weighted by molar-refractivity contribution is 0.122. The molecular formula is C23H31N11O2. The van der Waals surface area contributed by atoms with Crippen LogP contribution in [0.25, 0.3) is 11.2 Å². The lowest BCUT2D eigenvalue weighted by Gasteiger charge is -2.38. The van der Waals surface area contributed by atoms with Crippen molar-refractivity contribution in [1.82, 2.24) is 30.2 Å². The van der Waals surface area contributed by atoms with Gasteiger partial charge >= 0.3 is 6.03 Å². The summed E-state index contributed by atoms with van der Waals surface area (Å²) in [6.45, 7) is 6.16. The molecule has 0 atom stereocenters. The minimum atomic E-state index is -0.243. The number of hydrogen-bond acceptors (Lipinski definition) is 10. The van der Waals surface area contributed by atoms with Gasteiger partial charge in [0.2, 0.25) is 5.95 Å². The highest BCUT2D eigenvalue weighted by atomic mass is 16.5. The third-order valence-corrected chi connectivity index (χ3v) is 6.96. The molecule has 13 heteroatoms. The van der Waals surface area contributed by atoms with E-state index in [2.05, 4.69) is 45.3 Å². The second-order valence-electron chi connectivity index (χ2n) is 9.48. The van der Waals surface area contributed by atoms with E-state index in [0.717, 1.165) is 75.1 Å². The van der Waals surface area contributed by atoms with Crippen molar-refractivity contribution in [2.75, 3.05) is 72.5 Å². The van der Waals surface area contributed by atoms with Crippen molar-refractivity contribution >= 4 is 40.5 Å². The van der Waals surface area contributed by atoms with Gasteiger partial charge in [0.25, 0.3) is 0 Å². The van der Waals surface area contributed by atoms with Gasteiger partial charge < -0.3 is 35.5 Å². The number of nitrogens with one attached hydrogen (secondary N) is 3. The van der Waals surface area contributed by atoms with Crippen molar-refractivity contribution in [2.45, 2.75) is 24.9 Å². The summed E-state index contributed by atoms with van der Waals surface area (Å²) in [6, 6.07) is 3.85. The van der Waals surface area contributed by atoms with E-state index in [4.69, 9.17) is 15.5 Å². The van der Waals surface area contributed by atoms with Gasteiger partial charge in [-0.15, -0.1) is 0 Å². The second-order valence-corrected chi connectivity index (χ2v) is 9.48. The monoisotopic (exact) mass is 493 g/mol. The predicted octanol–water partition coefficient (Wildman–Crippen LogP) is 0.522. The summed E-state index contributed by atoms with van der Waals surface area (Å²) in [4.78, 5) is 40.4. The number of ether oxygens (including phenoxy) is 1. The maximum Gasteiger partial charge on any atom is 0.320 e. The fourth-order valence-corrected chi connectivity index (χ4v) is 4.95. The highest BCUT2D eigenvalue weighted by Crippen LogP contribution is 2.26. The number of carbonyl (C=O) groups excluding carboxylic acids is 1.